The third-order valence-corrected chi connectivity index (χ3v) is 3.59. The molecule has 1 aromatic carbocycles. The second-order valence-corrected chi connectivity index (χ2v) is 5.62. The second-order valence-electron chi connectivity index (χ2n) is 5.62. The fourth-order valence-electron chi connectivity index (χ4n) is 2.39. The topological polar surface area (TPSA) is 104 Å². The molecule has 0 radical (unpaired) electrons. The molecule has 0 unspecified atom stereocenters. The lowest BCUT2D eigenvalue weighted by molar-refractivity contribution is -0.463. The zero-order valence-electron chi connectivity index (χ0n) is 15.1. The molecule has 0 aliphatic heterocycles. The van der Waals surface area contributed by atoms with Crippen molar-refractivity contribution in [3.05, 3.63) is 46.5 Å². The summed E-state index contributed by atoms with van der Waals surface area (Å²) in [6, 6.07) is 5.19. The van der Waals surface area contributed by atoms with Gasteiger partial charge in [-0.15, -0.1) is 0 Å². The monoisotopic (exact) mass is 361 g/mol. The number of anilines is 1. The second kappa shape index (κ2) is 9.40. The van der Waals surface area contributed by atoms with Crippen molar-refractivity contribution >= 4 is 11.5 Å². The number of nitro groups is 1. The zero-order chi connectivity index (χ0) is 18.9. The zero-order valence-corrected chi connectivity index (χ0v) is 15.1. The van der Waals surface area contributed by atoms with Gasteiger partial charge in [-0.1, -0.05) is 0 Å². The molecule has 1 N–H and O–H groups in total. The number of nitrogens with zero attached hydrogens (tertiary/aromatic N) is 4. The Labute approximate surface area is 151 Å². The number of benzene rings is 1. The van der Waals surface area contributed by atoms with Gasteiger partial charge in [0, 0.05) is 36.0 Å². The Hall–Kier alpha value is -3.10. The standard InChI is InChI=1S/C17H23N5O4/c1-13-10-21(12-19-13)8-4-7-18-17(11-22(23)24)20-14-5-6-15(25-2)16(9-14)26-3/h5-6,9-10,12H,4,7-8,11H2,1-3H3,(H,18,20). The van der Waals surface area contributed by atoms with E-state index in [0.29, 0.717) is 29.6 Å². The maximum atomic E-state index is 10.9. The van der Waals surface area contributed by atoms with Crippen molar-refractivity contribution < 1.29 is 14.4 Å². The predicted octanol–water partition coefficient (Wildman–Crippen LogP) is 2.39. The van der Waals surface area contributed by atoms with Crippen LogP contribution in [-0.4, -0.2) is 47.6 Å². The Kier molecular flexibility index (Phi) is 6.95. The molecule has 1 heterocycles. The number of aromatic nitrogens is 2. The lowest BCUT2D eigenvalue weighted by Gasteiger charge is -2.11. The van der Waals surface area contributed by atoms with Crippen molar-refractivity contribution in [3.8, 4) is 11.5 Å². The van der Waals surface area contributed by atoms with E-state index in [1.165, 1.54) is 7.11 Å². The maximum Gasteiger partial charge on any atom is 0.260 e. The van der Waals surface area contributed by atoms with Crippen molar-refractivity contribution in [2.75, 3.05) is 32.6 Å². The number of hydrogen-bond acceptors (Lipinski definition) is 6. The maximum absolute atomic E-state index is 10.9. The van der Waals surface area contributed by atoms with Crippen LogP contribution in [0.15, 0.2) is 35.7 Å². The molecule has 0 amide bonds. The van der Waals surface area contributed by atoms with E-state index in [1.54, 1.807) is 31.6 Å². The third kappa shape index (κ3) is 5.76. The highest BCUT2D eigenvalue weighted by Crippen LogP contribution is 2.29. The molecule has 0 spiro atoms. The summed E-state index contributed by atoms with van der Waals surface area (Å²) in [4.78, 5) is 19.0. The van der Waals surface area contributed by atoms with Crippen molar-refractivity contribution in [1.29, 1.82) is 0 Å². The smallest absolute Gasteiger partial charge is 0.260 e. The summed E-state index contributed by atoms with van der Waals surface area (Å²) in [6.07, 6.45) is 4.47. The summed E-state index contributed by atoms with van der Waals surface area (Å²) in [6.45, 7) is 2.78. The van der Waals surface area contributed by atoms with Gasteiger partial charge in [-0.3, -0.25) is 15.1 Å². The van der Waals surface area contributed by atoms with E-state index in [-0.39, 0.29) is 6.54 Å². The van der Waals surface area contributed by atoms with Gasteiger partial charge in [-0.2, -0.15) is 0 Å². The van der Waals surface area contributed by atoms with Gasteiger partial charge in [-0.25, -0.2) is 4.98 Å². The first-order valence-electron chi connectivity index (χ1n) is 8.14. The molecule has 26 heavy (non-hydrogen) atoms. The Balaban J connectivity index is 2.00. The highest BCUT2D eigenvalue weighted by atomic mass is 16.6. The molecule has 9 heteroatoms. The number of imidazole rings is 1. The van der Waals surface area contributed by atoms with Crippen LogP contribution >= 0.6 is 0 Å². The molecule has 0 atom stereocenters. The fourth-order valence-corrected chi connectivity index (χ4v) is 2.39. The summed E-state index contributed by atoms with van der Waals surface area (Å²) in [5.41, 5.74) is 1.60. The first kappa shape index (κ1) is 19.2. The molecular formula is C17H23N5O4. The van der Waals surface area contributed by atoms with Crippen molar-refractivity contribution in [2.24, 2.45) is 4.99 Å². The number of ether oxygens (including phenoxy) is 2. The third-order valence-electron chi connectivity index (χ3n) is 3.59. The van der Waals surface area contributed by atoms with Gasteiger partial charge < -0.3 is 19.4 Å². The van der Waals surface area contributed by atoms with Crippen molar-refractivity contribution in [1.82, 2.24) is 9.55 Å². The highest BCUT2D eigenvalue weighted by molar-refractivity contribution is 5.96. The molecule has 0 saturated carbocycles. The minimum absolute atomic E-state index is 0.295. The summed E-state index contributed by atoms with van der Waals surface area (Å²) >= 11 is 0. The van der Waals surface area contributed by atoms with Gasteiger partial charge in [-0.05, 0) is 25.5 Å². The van der Waals surface area contributed by atoms with Gasteiger partial charge >= 0.3 is 0 Å². The van der Waals surface area contributed by atoms with Crippen LogP contribution in [0.1, 0.15) is 12.1 Å². The molecule has 140 valence electrons. The number of nitrogens with one attached hydrogen (secondary N) is 1. The van der Waals surface area contributed by atoms with Crippen LogP contribution in [-0.2, 0) is 6.54 Å². The largest absolute Gasteiger partial charge is 0.493 e. The number of rotatable bonds is 9. The van der Waals surface area contributed by atoms with Gasteiger partial charge in [0.05, 0.1) is 26.2 Å². The normalized spacial score (nSPS) is 11.3. The summed E-state index contributed by atoms with van der Waals surface area (Å²) in [7, 11) is 3.08. The Morgan fingerprint density at radius 1 is 1.35 bits per heavy atom. The lowest BCUT2D eigenvalue weighted by atomic mass is 10.2. The van der Waals surface area contributed by atoms with Crippen LogP contribution in [0.25, 0.3) is 0 Å². The molecule has 0 saturated heterocycles. The van der Waals surface area contributed by atoms with Gasteiger partial charge in [0.1, 0.15) is 0 Å². The average molecular weight is 361 g/mol. The summed E-state index contributed by atoms with van der Waals surface area (Å²) < 4.78 is 12.4. The van der Waals surface area contributed by atoms with Gasteiger partial charge in [0.25, 0.3) is 6.54 Å². The summed E-state index contributed by atoms with van der Waals surface area (Å²) in [5, 5.41) is 13.9. The number of amidine groups is 1. The van der Waals surface area contributed by atoms with E-state index in [0.717, 1.165) is 18.7 Å². The molecule has 2 rings (SSSR count). The van der Waals surface area contributed by atoms with E-state index in [2.05, 4.69) is 15.3 Å². The first-order chi connectivity index (χ1) is 12.5. The van der Waals surface area contributed by atoms with Gasteiger partial charge in [0.2, 0.25) is 0 Å². The lowest BCUT2D eigenvalue weighted by Crippen LogP contribution is -2.23. The predicted molar refractivity (Wildman–Crippen MR) is 98.9 cm³/mol. The van der Waals surface area contributed by atoms with E-state index in [1.807, 2.05) is 17.7 Å². The molecule has 0 aliphatic carbocycles. The molecule has 1 aromatic heterocycles. The minimum atomic E-state index is -0.411. The molecular weight excluding hydrogens is 338 g/mol. The van der Waals surface area contributed by atoms with E-state index in [9.17, 15) is 10.1 Å². The van der Waals surface area contributed by atoms with E-state index < -0.39 is 4.92 Å². The molecule has 0 aliphatic rings. The van der Waals surface area contributed by atoms with E-state index >= 15 is 0 Å². The summed E-state index contributed by atoms with van der Waals surface area (Å²) in [5.74, 6) is 1.42. The molecule has 9 nitrogen and oxygen atoms in total. The van der Waals surface area contributed by atoms with Crippen molar-refractivity contribution in [2.45, 2.75) is 19.9 Å². The minimum Gasteiger partial charge on any atom is -0.493 e. The van der Waals surface area contributed by atoms with Crippen LogP contribution in [0.5, 0.6) is 11.5 Å². The van der Waals surface area contributed by atoms with Crippen LogP contribution in [0.3, 0.4) is 0 Å². The number of aryl methyl sites for hydroxylation is 2. The number of aliphatic imine (C=N–C) groups is 1. The number of methoxy groups -OCH3 is 2. The average Bonchev–Trinajstić information content (AvgIpc) is 3.03. The number of hydrogen-bond donors (Lipinski definition) is 1. The fraction of sp³-hybridized carbons (Fsp3) is 0.412. The SMILES string of the molecule is COc1ccc(NC(C[N+](=O)[O-])=NCCCn2cnc(C)c2)cc1OC. The Morgan fingerprint density at radius 3 is 2.73 bits per heavy atom. The molecule has 0 fully saturated rings. The highest BCUT2D eigenvalue weighted by Gasteiger charge is 2.10. The van der Waals surface area contributed by atoms with Crippen LogP contribution in [0.2, 0.25) is 0 Å². The Morgan fingerprint density at radius 2 is 2.12 bits per heavy atom. The quantitative estimate of drug-likeness (QED) is 0.242. The molecule has 0 bridgehead atoms. The van der Waals surface area contributed by atoms with Crippen molar-refractivity contribution in [3.63, 3.8) is 0 Å². The Bertz CT molecular complexity index is 772. The first-order valence-corrected chi connectivity index (χ1v) is 8.14. The van der Waals surface area contributed by atoms with Crippen LogP contribution in [0.4, 0.5) is 5.69 Å². The van der Waals surface area contributed by atoms with Crippen LogP contribution in [0, 0.1) is 17.0 Å². The van der Waals surface area contributed by atoms with Crippen LogP contribution < -0.4 is 14.8 Å². The van der Waals surface area contributed by atoms with Gasteiger partial charge in [0.15, 0.2) is 17.3 Å². The van der Waals surface area contributed by atoms with E-state index in [4.69, 9.17) is 9.47 Å². The molecule has 2 aromatic rings.